The molecule has 2 aliphatic rings. The third kappa shape index (κ3) is 1.70. The fourth-order valence-electron chi connectivity index (χ4n) is 2.31. The fraction of sp³-hybridized carbons (Fsp3) is 0.900. The summed E-state index contributed by atoms with van der Waals surface area (Å²) in [6.07, 6.45) is 3.45. The fourth-order valence-corrected chi connectivity index (χ4v) is 2.31. The van der Waals surface area contributed by atoms with Gasteiger partial charge in [0.2, 0.25) is 5.91 Å². The van der Waals surface area contributed by atoms with Crippen molar-refractivity contribution in [1.29, 1.82) is 0 Å². The van der Waals surface area contributed by atoms with Gasteiger partial charge >= 0.3 is 0 Å². The van der Waals surface area contributed by atoms with E-state index in [2.05, 4.69) is 10.2 Å². The number of nitrogens with one attached hydrogen (secondary N) is 1. The number of likely N-dealkylation sites (tertiary alicyclic amines) is 1. The Labute approximate surface area is 79.5 Å². The lowest BCUT2D eigenvalue weighted by molar-refractivity contribution is -0.132. The van der Waals surface area contributed by atoms with Gasteiger partial charge in [-0.25, -0.2) is 0 Å². The molecule has 1 amide bonds. The number of carbonyl (C=O) groups excluding carboxylic acids is 1. The van der Waals surface area contributed by atoms with Crippen molar-refractivity contribution in [2.24, 2.45) is 5.92 Å². The van der Waals surface area contributed by atoms with E-state index < -0.39 is 0 Å². The number of rotatable bonds is 1. The monoisotopic (exact) mass is 182 g/mol. The van der Waals surface area contributed by atoms with Gasteiger partial charge < -0.3 is 10.2 Å². The predicted octanol–water partition coefficient (Wildman–Crippen LogP) is 0.607. The average Bonchev–Trinajstić information content (AvgIpc) is 2.49. The highest BCUT2D eigenvalue weighted by molar-refractivity contribution is 5.80. The molecule has 0 aromatic rings. The van der Waals surface area contributed by atoms with Gasteiger partial charge in [-0.3, -0.25) is 4.79 Å². The normalized spacial score (nSPS) is 35.5. The van der Waals surface area contributed by atoms with Crippen LogP contribution >= 0.6 is 0 Å². The van der Waals surface area contributed by atoms with Gasteiger partial charge in [-0.1, -0.05) is 6.92 Å². The molecule has 2 aliphatic heterocycles. The molecule has 0 bridgehead atoms. The maximum atomic E-state index is 11.7. The van der Waals surface area contributed by atoms with E-state index in [-0.39, 0.29) is 5.92 Å². The van der Waals surface area contributed by atoms with E-state index in [0.717, 1.165) is 26.1 Å². The number of amides is 1. The summed E-state index contributed by atoms with van der Waals surface area (Å²) in [5, 5.41) is 3.35. The minimum atomic E-state index is 0.266. The van der Waals surface area contributed by atoms with Gasteiger partial charge in [0.1, 0.15) is 0 Å². The zero-order valence-electron chi connectivity index (χ0n) is 8.25. The summed E-state index contributed by atoms with van der Waals surface area (Å²) >= 11 is 0. The molecule has 3 nitrogen and oxygen atoms in total. The number of nitrogens with zero attached hydrogens (tertiary/aromatic N) is 1. The highest BCUT2D eigenvalue weighted by atomic mass is 16.2. The predicted molar refractivity (Wildman–Crippen MR) is 51.4 cm³/mol. The van der Waals surface area contributed by atoms with Gasteiger partial charge in [0, 0.05) is 25.0 Å². The van der Waals surface area contributed by atoms with E-state index >= 15 is 0 Å². The second-order valence-electron chi connectivity index (χ2n) is 4.22. The van der Waals surface area contributed by atoms with Crippen molar-refractivity contribution in [3.8, 4) is 0 Å². The quantitative estimate of drug-likeness (QED) is 0.644. The van der Waals surface area contributed by atoms with Crippen molar-refractivity contribution in [1.82, 2.24) is 10.2 Å². The summed E-state index contributed by atoms with van der Waals surface area (Å²) < 4.78 is 0. The molecule has 3 heteroatoms. The Morgan fingerprint density at radius 3 is 2.85 bits per heavy atom. The highest BCUT2D eigenvalue weighted by Gasteiger charge is 2.33. The summed E-state index contributed by atoms with van der Waals surface area (Å²) in [5.41, 5.74) is 0. The van der Waals surface area contributed by atoms with Gasteiger partial charge in [-0.15, -0.1) is 0 Å². The molecular weight excluding hydrogens is 164 g/mol. The highest BCUT2D eigenvalue weighted by Crippen LogP contribution is 2.22. The number of piperidine rings is 1. The summed E-state index contributed by atoms with van der Waals surface area (Å²) in [4.78, 5) is 13.8. The van der Waals surface area contributed by atoms with Crippen LogP contribution in [0.1, 0.15) is 26.2 Å². The molecule has 2 unspecified atom stereocenters. The molecular formula is C10H18N2O. The van der Waals surface area contributed by atoms with Crippen LogP contribution in [0, 0.1) is 5.92 Å². The Balaban J connectivity index is 1.96. The molecule has 0 radical (unpaired) electrons. The lowest BCUT2D eigenvalue weighted by atomic mass is 10.1. The third-order valence-electron chi connectivity index (χ3n) is 3.22. The van der Waals surface area contributed by atoms with Crippen LogP contribution in [0.3, 0.4) is 0 Å². The van der Waals surface area contributed by atoms with E-state index in [1.807, 2.05) is 6.92 Å². The standard InChI is InChI=1S/C10H18N2O/c1-8-4-6-12(10(8)13)9-3-2-5-11-7-9/h8-9,11H,2-7H2,1H3. The van der Waals surface area contributed by atoms with Crippen LogP contribution in [0.4, 0.5) is 0 Å². The number of hydrogen-bond acceptors (Lipinski definition) is 2. The molecule has 2 saturated heterocycles. The summed E-state index contributed by atoms with van der Waals surface area (Å²) in [6.45, 7) is 5.14. The van der Waals surface area contributed by atoms with E-state index in [9.17, 15) is 4.79 Å². The second-order valence-corrected chi connectivity index (χ2v) is 4.22. The Morgan fingerprint density at radius 1 is 1.46 bits per heavy atom. The van der Waals surface area contributed by atoms with Gasteiger partial charge in [0.15, 0.2) is 0 Å². The van der Waals surface area contributed by atoms with E-state index in [4.69, 9.17) is 0 Å². The lowest BCUT2D eigenvalue weighted by Gasteiger charge is -2.31. The van der Waals surface area contributed by atoms with Crippen LogP contribution in [-0.2, 0) is 4.79 Å². The second kappa shape index (κ2) is 3.66. The maximum absolute atomic E-state index is 11.7. The summed E-state index contributed by atoms with van der Waals surface area (Å²) in [5.74, 6) is 0.635. The minimum absolute atomic E-state index is 0.266. The third-order valence-corrected chi connectivity index (χ3v) is 3.22. The van der Waals surface area contributed by atoms with E-state index in [1.165, 1.54) is 12.8 Å². The maximum Gasteiger partial charge on any atom is 0.225 e. The molecule has 2 rings (SSSR count). The van der Waals surface area contributed by atoms with Crippen molar-refractivity contribution in [2.75, 3.05) is 19.6 Å². The van der Waals surface area contributed by atoms with Crippen LogP contribution in [-0.4, -0.2) is 36.5 Å². The molecule has 0 saturated carbocycles. The molecule has 1 N–H and O–H groups in total. The molecule has 0 spiro atoms. The largest absolute Gasteiger partial charge is 0.338 e. The van der Waals surface area contributed by atoms with Crippen LogP contribution < -0.4 is 5.32 Å². The van der Waals surface area contributed by atoms with Crippen LogP contribution in [0.2, 0.25) is 0 Å². The number of hydrogen-bond donors (Lipinski definition) is 1. The zero-order valence-corrected chi connectivity index (χ0v) is 8.25. The van der Waals surface area contributed by atoms with E-state index in [0.29, 0.717) is 11.9 Å². The lowest BCUT2D eigenvalue weighted by Crippen LogP contribution is -2.46. The van der Waals surface area contributed by atoms with E-state index in [1.54, 1.807) is 0 Å². The van der Waals surface area contributed by atoms with Crippen LogP contribution in [0.5, 0.6) is 0 Å². The van der Waals surface area contributed by atoms with Crippen molar-refractivity contribution in [3.63, 3.8) is 0 Å². The molecule has 2 heterocycles. The molecule has 0 aliphatic carbocycles. The molecule has 74 valence electrons. The summed E-state index contributed by atoms with van der Waals surface area (Å²) in [7, 11) is 0. The van der Waals surface area contributed by atoms with Crippen molar-refractivity contribution >= 4 is 5.91 Å². The van der Waals surface area contributed by atoms with Crippen LogP contribution in [0.25, 0.3) is 0 Å². The molecule has 13 heavy (non-hydrogen) atoms. The molecule has 0 aromatic heterocycles. The number of carbonyl (C=O) groups is 1. The van der Waals surface area contributed by atoms with Gasteiger partial charge in [-0.05, 0) is 25.8 Å². The van der Waals surface area contributed by atoms with Crippen molar-refractivity contribution in [3.05, 3.63) is 0 Å². The Kier molecular flexibility index (Phi) is 2.54. The Hall–Kier alpha value is -0.570. The SMILES string of the molecule is CC1CCN(C2CCCNC2)C1=O. The van der Waals surface area contributed by atoms with Gasteiger partial charge in [0.05, 0.1) is 0 Å². The first-order valence-electron chi connectivity index (χ1n) is 5.30. The molecule has 2 atom stereocenters. The smallest absolute Gasteiger partial charge is 0.225 e. The van der Waals surface area contributed by atoms with Gasteiger partial charge in [-0.2, -0.15) is 0 Å². The zero-order chi connectivity index (χ0) is 9.26. The topological polar surface area (TPSA) is 32.3 Å². The first-order valence-corrected chi connectivity index (χ1v) is 5.30. The van der Waals surface area contributed by atoms with Gasteiger partial charge in [0.25, 0.3) is 0 Å². The Morgan fingerprint density at radius 2 is 2.31 bits per heavy atom. The minimum Gasteiger partial charge on any atom is -0.338 e. The van der Waals surface area contributed by atoms with Crippen molar-refractivity contribution in [2.45, 2.75) is 32.2 Å². The Bertz CT molecular complexity index is 199. The summed E-state index contributed by atoms with van der Waals surface area (Å²) in [6, 6.07) is 0.478. The molecule has 0 aromatic carbocycles. The first-order chi connectivity index (χ1) is 6.29. The average molecular weight is 182 g/mol. The molecule has 2 fully saturated rings. The van der Waals surface area contributed by atoms with Crippen LogP contribution in [0.15, 0.2) is 0 Å². The first kappa shape index (κ1) is 9.00. The van der Waals surface area contributed by atoms with Crippen molar-refractivity contribution < 1.29 is 4.79 Å².